The molecule has 0 aliphatic rings. The van der Waals surface area contributed by atoms with Crippen molar-refractivity contribution in [3.05, 3.63) is 29.3 Å². The Hall–Kier alpha value is -1.83. The SMILES string of the molecule is CCc1cc(C#CCN)ccc1NC(=O)COC(C)C. The van der Waals surface area contributed by atoms with Crippen LogP contribution in [0.2, 0.25) is 0 Å². The molecule has 4 heteroatoms. The number of hydrogen-bond acceptors (Lipinski definition) is 3. The van der Waals surface area contributed by atoms with Gasteiger partial charge in [0.25, 0.3) is 0 Å². The van der Waals surface area contributed by atoms with Crippen molar-refractivity contribution < 1.29 is 9.53 Å². The van der Waals surface area contributed by atoms with Crippen LogP contribution in [-0.2, 0) is 16.0 Å². The summed E-state index contributed by atoms with van der Waals surface area (Å²) in [6, 6.07) is 5.72. The summed E-state index contributed by atoms with van der Waals surface area (Å²) in [6.45, 7) is 6.24. The van der Waals surface area contributed by atoms with Crippen LogP contribution in [0.15, 0.2) is 18.2 Å². The quantitative estimate of drug-likeness (QED) is 0.806. The lowest BCUT2D eigenvalue weighted by atomic mass is 10.1. The van der Waals surface area contributed by atoms with E-state index in [9.17, 15) is 4.79 Å². The van der Waals surface area contributed by atoms with E-state index in [4.69, 9.17) is 10.5 Å². The summed E-state index contributed by atoms with van der Waals surface area (Å²) in [5, 5.41) is 2.86. The fourth-order valence-electron chi connectivity index (χ4n) is 1.67. The van der Waals surface area contributed by atoms with Gasteiger partial charge in [0.05, 0.1) is 12.6 Å². The Morgan fingerprint density at radius 2 is 2.20 bits per heavy atom. The fourth-order valence-corrected chi connectivity index (χ4v) is 1.67. The van der Waals surface area contributed by atoms with Crippen molar-refractivity contribution in [2.45, 2.75) is 33.3 Å². The molecule has 1 aromatic rings. The van der Waals surface area contributed by atoms with E-state index in [0.29, 0.717) is 6.54 Å². The van der Waals surface area contributed by atoms with Crippen molar-refractivity contribution in [1.82, 2.24) is 0 Å². The number of aryl methyl sites for hydroxylation is 1. The van der Waals surface area contributed by atoms with Crippen molar-refractivity contribution in [3.63, 3.8) is 0 Å². The van der Waals surface area contributed by atoms with Crippen molar-refractivity contribution in [3.8, 4) is 11.8 Å². The lowest BCUT2D eigenvalue weighted by molar-refractivity contribution is -0.121. The Balaban J connectivity index is 2.77. The molecule has 108 valence electrons. The summed E-state index contributed by atoms with van der Waals surface area (Å²) < 4.78 is 5.28. The van der Waals surface area contributed by atoms with Crippen LogP contribution in [0.5, 0.6) is 0 Å². The summed E-state index contributed by atoms with van der Waals surface area (Å²) >= 11 is 0. The van der Waals surface area contributed by atoms with Crippen molar-refractivity contribution in [2.75, 3.05) is 18.5 Å². The highest BCUT2D eigenvalue weighted by Crippen LogP contribution is 2.18. The number of rotatable bonds is 5. The Bertz CT molecular complexity index is 513. The Morgan fingerprint density at radius 3 is 2.80 bits per heavy atom. The highest BCUT2D eigenvalue weighted by Gasteiger charge is 2.07. The number of hydrogen-bond donors (Lipinski definition) is 2. The number of ether oxygens (including phenoxy) is 1. The summed E-state index contributed by atoms with van der Waals surface area (Å²) in [5.74, 6) is 5.66. The first-order chi connectivity index (χ1) is 9.56. The maximum absolute atomic E-state index is 11.8. The van der Waals surface area contributed by atoms with Crippen LogP contribution in [-0.4, -0.2) is 25.2 Å². The number of benzene rings is 1. The number of nitrogens with two attached hydrogens (primary N) is 1. The second-order valence-electron chi connectivity index (χ2n) is 4.64. The molecule has 0 unspecified atom stereocenters. The minimum Gasteiger partial charge on any atom is -0.369 e. The molecule has 1 rings (SSSR count). The highest BCUT2D eigenvalue weighted by atomic mass is 16.5. The molecule has 0 spiro atoms. The van der Waals surface area contributed by atoms with Crippen LogP contribution in [0.3, 0.4) is 0 Å². The zero-order valence-corrected chi connectivity index (χ0v) is 12.3. The van der Waals surface area contributed by atoms with Gasteiger partial charge in [-0.25, -0.2) is 0 Å². The molecule has 1 amide bonds. The molecule has 0 aliphatic carbocycles. The second kappa shape index (κ2) is 8.36. The third-order valence-electron chi connectivity index (χ3n) is 2.64. The first-order valence-corrected chi connectivity index (χ1v) is 6.80. The van der Waals surface area contributed by atoms with E-state index in [-0.39, 0.29) is 18.6 Å². The van der Waals surface area contributed by atoms with Gasteiger partial charge >= 0.3 is 0 Å². The summed E-state index contributed by atoms with van der Waals surface area (Å²) in [4.78, 5) is 11.8. The number of carbonyl (C=O) groups is 1. The number of anilines is 1. The van der Waals surface area contributed by atoms with Gasteiger partial charge in [0.1, 0.15) is 6.61 Å². The van der Waals surface area contributed by atoms with Gasteiger partial charge in [-0.2, -0.15) is 0 Å². The van der Waals surface area contributed by atoms with Gasteiger partial charge in [-0.15, -0.1) is 0 Å². The summed E-state index contributed by atoms with van der Waals surface area (Å²) in [6.07, 6.45) is 0.860. The molecule has 1 aromatic carbocycles. The lowest BCUT2D eigenvalue weighted by Crippen LogP contribution is -2.21. The monoisotopic (exact) mass is 274 g/mol. The number of nitrogens with one attached hydrogen (secondary N) is 1. The van der Waals surface area contributed by atoms with Gasteiger partial charge < -0.3 is 15.8 Å². The third kappa shape index (κ3) is 5.43. The van der Waals surface area contributed by atoms with Crippen molar-refractivity contribution in [1.29, 1.82) is 0 Å². The third-order valence-corrected chi connectivity index (χ3v) is 2.64. The largest absolute Gasteiger partial charge is 0.369 e. The van der Waals surface area contributed by atoms with Gasteiger partial charge in [0.2, 0.25) is 5.91 Å². The van der Waals surface area contributed by atoms with E-state index in [1.54, 1.807) is 0 Å². The first-order valence-electron chi connectivity index (χ1n) is 6.80. The van der Waals surface area contributed by atoms with E-state index in [0.717, 1.165) is 23.2 Å². The Morgan fingerprint density at radius 1 is 1.45 bits per heavy atom. The molecule has 0 heterocycles. The predicted molar refractivity (Wildman–Crippen MR) is 81.5 cm³/mol. The van der Waals surface area contributed by atoms with Crippen LogP contribution in [0.25, 0.3) is 0 Å². The molecule has 0 aliphatic heterocycles. The van der Waals surface area contributed by atoms with Gasteiger partial charge in [-0.3, -0.25) is 4.79 Å². The number of carbonyl (C=O) groups excluding carboxylic acids is 1. The van der Waals surface area contributed by atoms with Crippen LogP contribution < -0.4 is 11.1 Å². The average molecular weight is 274 g/mol. The minimum atomic E-state index is -0.144. The molecular weight excluding hydrogens is 252 g/mol. The molecule has 0 fully saturated rings. The van der Waals surface area contributed by atoms with E-state index in [2.05, 4.69) is 17.2 Å². The Labute approximate surface area is 120 Å². The lowest BCUT2D eigenvalue weighted by Gasteiger charge is -2.12. The molecule has 20 heavy (non-hydrogen) atoms. The molecular formula is C16H22N2O2. The standard InChI is InChI=1S/C16H22N2O2/c1-4-14-10-13(6-5-9-17)7-8-15(14)18-16(19)11-20-12(2)3/h7-8,10,12H,4,9,11,17H2,1-3H3,(H,18,19). The van der Waals surface area contributed by atoms with Crippen LogP contribution in [0.1, 0.15) is 31.9 Å². The fraction of sp³-hybridized carbons (Fsp3) is 0.438. The molecule has 0 aromatic heterocycles. The molecule has 0 bridgehead atoms. The molecule has 0 atom stereocenters. The zero-order valence-electron chi connectivity index (χ0n) is 12.3. The van der Waals surface area contributed by atoms with E-state index in [1.807, 2.05) is 39.0 Å². The van der Waals surface area contributed by atoms with E-state index < -0.39 is 0 Å². The van der Waals surface area contributed by atoms with E-state index >= 15 is 0 Å². The van der Waals surface area contributed by atoms with Crippen LogP contribution in [0.4, 0.5) is 5.69 Å². The summed E-state index contributed by atoms with van der Waals surface area (Å²) in [5.41, 5.74) is 8.12. The zero-order chi connectivity index (χ0) is 15.0. The minimum absolute atomic E-state index is 0.0420. The van der Waals surface area contributed by atoms with Crippen LogP contribution in [0, 0.1) is 11.8 Å². The predicted octanol–water partition coefficient (Wildman–Crippen LogP) is 1.92. The van der Waals surface area contributed by atoms with Gasteiger partial charge in [0, 0.05) is 11.3 Å². The topological polar surface area (TPSA) is 64.3 Å². The van der Waals surface area contributed by atoms with Crippen molar-refractivity contribution >= 4 is 11.6 Å². The molecule has 0 saturated carbocycles. The smallest absolute Gasteiger partial charge is 0.250 e. The molecule has 0 radical (unpaired) electrons. The molecule has 3 N–H and O–H groups in total. The Kier molecular flexibility index (Phi) is 6.78. The van der Waals surface area contributed by atoms with Crippen LogP contribution >= 0.6 is 0 Å². The van der Waals surface area contributed by atoms with Gasteiger partial charge in [-0.1, -0.05) is 18.8 Å². The highest BCUT2D eigenvalue weighted by molar-refractivity contribution is 5.92. The van der Waals surface area contributed by atoms with Gasteiger partial charge in [0.15, 0.2) is 0 Å². The second-order valence-corrected chi connectivity index (χ2v) is 4.64. The van der Waals surface area contributed by atoms with Gasteiger partial charge in [-0.05, 0) is 44.0 Å². The number of amides is 1. The van der Waals surface area contributed by atoms with E-state index in [1.165, 1.54) is 0 Å². The maximum Gasteiger partial charge on any atom is 0.250 e. The normalized spacial score (nSPS) is 10.1. The summed E-state index contributed by atoms with van der Waals surface area (Å²) in [7, 11) is 0. The first kappa shape index (κ1) is 16.2. The molecule has 4 nitrogen and oxygen atoms in total. The maximum atomic E-state index is 11.8. The molecule has 0 saturated heterocycles. The average Bonchev–Trinajstić information content (AvgIpc) is 2.44. The van der Waals surface area contributed by atoms with Crippen molar-refractivity contribution in [2.24, 2.45) is 5.73 Å².